The Labute approximate surface area is 222 Å². The number of aromatic nitrogens is 2. The molecule has 10 nitrogen and oxygen atoms in total. The zero-order valence-electron chi connectivity index (χ0n) is 22.8. The summed E-state index contributed by atoms with van der Waals surface area (Å²) in [6.07, 6.45) is 1.46. The van der Waals surface area contributed by atoms with Gasteiger partial charge in [-0.05, 0) is 70.5 Å². The van der Waals surface area contributed by atoms with Crippen LogP contribution >= 0.6 is 0 Å². The van der Waals surface area contributed by atoms with Gasteiger partial charge in [-0.1, -0.05) is 13.3 Å². The van der Waals surface area contributed by atoms with E-state index in [0.717, 1.165) is 12.1 Å². The lowest BCUT2D eigenvalue weighted by Gasteiger charge is -2.16. The van der Waals surface area contributed by atoms with Gasteiger partial charge in [-0.25, -0.2) is 10.1 Å². The number of nitrogens with zero attached hydrogens (tertiary/aromatic N) is 2. The van der Waals surface area contributed by atoms with Crippen molar-refractivity contribution in [2.24, 2.45) is 5.10 Å². The molecule has 2 aromatic carbocycles. The molecule has 10 heteroatoms. The summed E-state index contributed by atoms with van der Waals surface area (Å²) in [4.78, 5) is 26.4. The number of amides is 1. The Kier molecular flexibility index (Phi) is 9.98. The van der Waals surface area contributed by atoms with Crippen LogP contribution in [0, 0.1) is 0 Å². The summed E-state index contributed by atoms with van der Waals surface area (Å²) < 4.78 is 23.8. The highest BCUT2D eigenvalue weighted by Crippen LogP contribution is 2.39. The van der Waals surface area contributed by atoms with Crippen LogP contribution in [0.4, 0.5) is 0 Å². The van der Waals surface area contributed by atoms with E-state index in [1.807, 2.05) is 27.7 Å². The number of aromatic amines is 1. The third-order valence-corrected chi connectivity index (χ3v) is 5.65. The molecule has 0 aliphatic rings. The molecule has 0 spiro atoms. The van der Waals surface area contributed by atoms with Crippen molar-refractivity contribution in [2.45, 2.75) is 47.5 Å². The summed E-state index contributed by atoms with van der Waals surface area (Å²) in [6, 6.07) is 10.3. The van der Waals surface area contributed by atoms with Gasteiger partial charge >= 0.3 is 0 Å². The van der Waals surface area contributed by atoms with E-state index in [9.17, 15) is 9.59 Å². The summed E-state index contributed by atoms with van der Waals surface area (Å²) in [5, 5.41) is 7.46. The van der Waals surface area contributed by atoms with Crippen molar-refractivity contribution in [1.29, 1.82) is 0 Å². The summed E-state index contributed by atoms with van der Waals surface area (Å²) in [6.45, 7) is 10.5. The third kappa shape index (κ3) is 6.37. The van der Waals surface area contributed by atoms with Gasteiger partial charge in [-0.2, -0.15) is 5.10 Å². The fourth-order valence-electron chi connectivity index (χ4n) is 3.97. The van der Waals surface area contributed by atoms with Crippen molar-refractivity contribution >= 4 is 11.6 Å². The van der Waals surface area contributed by atoms with Crippen molar-refractivity contribution in [3.63, 3.8) is 0 Å². The maximum absolute atomic E-state index is 13.4. The van der Waals surface area contributed by atoms with Crippen LogP contribution in [0.5, 0.6) is 23.0 Å². The second-order valence-corrected chi connectivity index (χ2v) is 8.29. The quantitative estimate of drug-likeness (QED) is 0.252. The number of nitrogens with one attached hydrogen (secondary N) is 2. The van der Waals surface area contributed by atoms with E-state index >= 15 is 0 Å². The number of benzene rings is 2. The first-order chi connectivity index (χ1) is 18.4. The molecule has 204 valence electrons. The van der Waals surface area contributed by atoms with Gasteiger partial charge in [0.25, 0.3) is 11.5 Å². The molecule has 38 heavy (non-hydrogen) atoms. The van der Waals surface area contributed by atoms with Crippen LogP contribution in [0.3, 0.4) is 0 Å². The first kappa shape index (κ1) is 28.4. The molecule has 0 saturated heterocycles. The van der Waals surface area contributed by atoms with E-state index < -0.39 is 5.91 Å². The van der Waals surface area contributed by atoms with Crippen LogP contribution in [0.15, 0.2) is 46.3 Å². The lowest BCUT2D eigenvalue weighted by atomic mass is 10.1. The molecule has 0 saturated carbocycles. The molecule has 1 aromatic heterocycles. The first-order valence-corrected chi connectivity index (χ1v) is 12.8. The lowest BCUT2D eigenvalue weighted by molar-refractivity contribution is 0.0953. The topological polar surface area (TPSA) is 116 Å². The highest BCUT2D eigenvalue weighted by molar-refractivity contribution is 6.01. The monoisotopic (exact) mass is 524 g/mol. The van der Waals surface area contributed by atoms with Gasteiger partial charge in [0.2, 0.25) is 5.75 Å². The van der Waals surface area contributed by atoms with Crippen LogP contribution in [0.25, 0.3) is 5.69 Å². The summed E-state index contributed by atoms with van der Waals surface area (Å²) >= 11 is 0. The van der Waals surface area contributed by atoms with Crippen molar-refractivity contribution < 1.29 is 23.7 Å². The number of H-pyrrole nitrogens is 1. The predicted molar refractivity (Wildman–Crippen MR) is 147 cm³/mol. The van der Waals surface area contributed by atoms with E-state index in [1.54, 1.807) is 50.4 Å². The number of carbonyl (C=O) groups is 1. The molecule has 0 unspecified atom stereocenters. The van der Waals surface area contributed by atoms with Crippen molar-refractivity contribution in [3.05, 3.63) is 63.6 Å². The molecule has 3 rings (SSSR count). The Morgan fingerprint density at radius 1 is 0.974 bits per heavy atom. The standard InChI is InChI=1S/C28H36N4O6/c1-7-11-22-25(28(34)32(31-22)20-12-14-21(35-6)15-13-20)18(5)29-30-27(33)19-16-23(36-8-2)26(38-10-4)24(17-19)37-9-3/h12-17,31H,7-11H2,1-6H3,(H,30,33)/b29-18+. The van der Waals surface area contributed by atoms with Crippen molar-refractivity contribution in [1.82, 2.24) is 15.2 Å². The number of rotatable bonds is 13. The Balaban J connectivity index is 1.94. The molecule has 0 atom stereocenters. The Bertz CT molecular complexity index is 1300. The van der Waals surface area contributed by atoms with Crippen LogP contribution in [-0.4, -0.2) is 48.3 Å². The minimum atomic E-state index is -0.475. The van der Waals surface area contributed by atoms with E-state index in [0.29, 0.717) is 66.2 Å². The molecular weight excluding hydrogens is 488 g/mol. The van der Waals surface area contributed by atoms with Gasteiger partial charge < -0.3 is 18.9 Å². The van der Waals surface area contributed by atoms with Crippen LogP contribution in [0.2, 0.25) is 0 Å². The predicted octanol–water partition coefficient (Wildman–Crippen LogP) is 4.48. The van der Waals surface area contributed by atoms with E-state index in [4.69, 9.17) is 18.9 Å². The van der Waals surface area contributed by atoms with Gasteiger partial charge in [0.1, 0.15) is 5.75 Å². The molecule has 1 amide bonds. The molecule has 0 aliphatic carbocycles. The minimum Gasteiger partial charge on any atom is -0.497 e. The number of hydrazone groups is 1. The molecule has 0 bridgehead atoms. The lowest BCUT2D eigenvalue weighted by Crippen LogP contribution is -2.23. The normalized spacial score (nSPS) is 11.3. The Morgan fingerprint density at radius 3 is 2.11 bits per heavy atom. The van der Waals surface area contributed by atoms with E-state index in [1.165, 1.54) is 4.68 Å². The fraction of sp³-hybridized carbons (Fsp3) is 0.393. The van der Waals surface area contributed by atoms with Crippen LogP contribution < -0.4 is 29.9 Å². The number of ether oxygens (including phenoxy) is 4. The minimum absolute atomic E-state index is 0.257. The molecular formula is C28H36N4O6. The molecule has 3 aromatic rings. The molecule has 0 aliphatic heterocycles. The van der Waals surface area contributed by atoms with Crippen molar-refractivity contribution in [3.8, 4) is 28.7 Å². The second-order valence-electron chi connectivity index (χ2n) is 8.29. The summed E-state index contributed by atoms with van der Waals surface area (Å²) in [5.74, 6) is 1.48. The number of aryl methyl sites for hydroxylation is 1. The molecule has 0 fully saturated rings. The SMILES string of the molecule is CCCc1[nH]n(-c2ccc(OC)cc2)c(=O)c1/C(C)=N/NC(=O)c1cc(OCC)c(OCC)c(OCC)c1. The largest absolute Gasteiger partial charge is 0.497 e. The van der Waals surface area contributed by atoms with E-state index in [-0.39, 0.29) is 11.1 Å². The Morgan fingerprint density at radius 2 is 1.58 bits per heavy atom. The Hall–Kier alpha value is -4.21. The average Bonchev–Trinajstić information content (AvgIpc) is 3.24. The molecule has 1 heterocycles. The number of hydrogen-bond donors (Lipinski definition) is 2. The third-order valence-electron chi connectivity index (χ3n) is 5.65. The molecule has 0 radical (unpaired) electrons. The maximum atomic E-state index is 13.4. The highest BCUT2D eigenvalue weighted by atomic mass is 16.5. The van der Waals surface area contributed by atoms with Gasteiger partial charge in [0, 0.05) is 11.3 Å². The summed E-state index contributed by atoms with van der Waals surface area (Å²) in [5.41, 5.74) is 4.80. The van der Waals surface area contributed by atoms with Gasteiger partial charge in [0.15, 0.2) is 11.5 Å². The van der Waals surface area contributed by atoms with Crippen molar-refractivity contribution in [2.75, 3.05) is 26.9 Å². The average molecular weight is 525 g/mol. The van der Waals surface area contributed by atoms with E-state index in [2.05, 4.69) is 15.6 Å². The summed E-state index contributed by atoms with van der Waals surface area (Å²) in [7, 11) is 1.59. The first-order valence-electron chi connectivity index (χ1n) is 12.8. The van der Waals surface area contributed by atoms with Gasteiger partial charge in [-0.15, -0.1) is 0 Å². The van der Waals surface area contributed by atoms with Gasteiger partial charge in [-0.3, -0.25) is 14.7 Å². The number of carbonyl (C=O) groups excluding carboxylic acids is 1. The zero-order valence-corrected chi connectivity index (χ0v) is 22.8. The molecule has 2 N–H and O–H groups in total. The fourth-order valence-corrected chi connectivity index (χ4v) is 3.97. The maximum Gasteiger partial charge on any atom is 0.280 e. The number of methoxy groups -OCH3 is 1. The highest BCUT2D eigenvalue weighted by Gasteiger charge is 2.20. The van der Waals surface area contributed by atoms with Gasteiger partial charge in [0.05, 0.1) is 43.9 Å². The zero-order chi connectivity index (χ0) is 27.7. The number of hydrogen-bond acceptors (Lipinski definition) is 7. The second kappa shape index (κ2) is 13.4. The van der Waals surface area contributed by atoms with Crippen LogP contribution in [-0.2, 0) is 6.42 Å². The van der Waals surface area contributed by atoms with Crippen LogP contribution in [0.1, 0.15) is 62.7 Å². The smallest absolute Gasteiger partial charge is 0.280 e.